The molecule has 1 aliphatic heterocycles. The van der Waals surface area contributed by atoms with Crippen LogP contribution in [0.15, 0.2) is 0 Å². The molecule has 9 heteroatoms. The molecule has 1 saturated heterocycles. The summed E-state index contributed by atoms with van der Waals surface area (Å²) in [5.74, 6) is 0. The summed E-state index contributed by atoms with van der Waals surface area (Å²) in [5, 5.41) is 0. The first kappa shape index (κ1) is 50.9. The first-order valence-electron chi connectivity index (χ1n) is 3.30. The Hall–Kier alpha value is -0.0156. The molecule has 1 rings (SSSR count). The van der Waals surface area contributed by atoms with E-state index >= 15 is 0 Å². The van der Waals surface area contributed by atoms with Gasteiger partial charge < -0.3 is 4.74 Å². The predicted molar refractivity (Wildman–Crippen MR) is 49.4 cm³/mol. The van der Waals surface area contributed by atoms with E-state index < -0.39 is 0 Å². The van der Waals surface area contributed by atoms with E-state index in [1.54, 1.807) is 0 Å². The van der Waals surface area contributed by atoms with Gasteiger partial charge in [-0.05, 0) is 12.8 Å². The Morgan fingerprint density at radius 3 is 0.737 bits per heavy atom. The van der Waals surface area contributed by atoms with Crippen molar-refractivity contribution in [1.29, 1.82) is 0 Å². The van der Waals surface area contributed by atoms with Crippen molar-refractivity contribution in [3.8, 4) is 0 Å². The van der Waals surface area contributed by atoms with Crippen LogP contribution in [0.2, 0.25) is 0 Å². The van der Waals surface area contributed by atoms with Gasteiger partial charge in [-0.15, -0.1) is 0 Å². The fraction of sp³-hybridized carbons (Fsp3) is 0.400. The summed E-state index contributed by atoms with van der Waals surface area (Å²) in [4.78, 5) is 0. The maximum absolute atomic E-state index is 7.50. The molecule has 0 saturated carbocycles. The number of hydrogen-bond acceptors (Lipinski definition) is 1. The van der Waals surface area contributed by atoms with Crippen LogP contribution in [0.1, 0.15) is 12.8 Å². The molecule has 0 bridgehead atoms. The van der Waals surface area contributed by atoms with Gasteiger partial charge in [0.05, 0.1) is 0 Å². The molecule has 0 amide bonds. The molecule has 0 aromatic carbocycles. The molecule has 0 aliphatic carbocycles. The predicted octanol–water partition coefficient (Wildman–Crippen LogP) is 0.188. The second kappa shape index (κ2) is 209. The van der Waals surface area contributed by atoms with Crippen molar-refractivity contribution in [2.45, 2.75) is 12.8 Å². The Morgan fingerprint density at radius 1 is 0.526 bits per heavy atom. The average Bonchev–Trinajstić information content (AvgIpc) is 3.10. The van der Waals surface area contributed by atoms with Crippen LogP contribution in [0.4, 0.5) is 0 Å². The van der Waals surface area contributed by atoms with Crippen molar-refractivity contribution in [3.05, 3.63) is 39.9 Å². The van der Waals surface area contributed by atoms with Gasteiger partial charge in [0.1, 0.15) is 0 Å². The third-order valence-electron chi connectivity index (χ3n) is 0.827. The van der Waals surface area contributed by atoms with E-state index in [9.17, 15) is 0 Å². The van der Waals surface area contributed by atoms with Gasteiger partial charge in [-0.3, -0.25) is 0 Å². The summed E-state index contributed by atoms with van der Waals surface area (Å²) in [6.45, 7) is 29.0. The standard InChI is InChI=1S/C4H8O.6CO.Na.V/c1-2-4-5-3-1;6*1-2;;/h1-4H2;;;;;;;;. The third kappa shape index (κ3) is 185. The molecule has 7 nitrogen and oxygen atoms in total. The average molecular weight is 314 g/mol. The zero-order valence-electron chi connectivity index (χ0n) is 10.1. The van der Waals surface area contributed by atoms with Gasteiger partial charge in [0.2, 0.25) is 0 Å². The Labute approximate surface area is 146 Å². The molecule has 1 heterocycles. The smallest absolute Gasteiger partial charge is 0 e. The number of ether oxygens (including phenoxy) is 1. The molecule has 0 aromatic heterocycles. The van der Waals surface area contributed by atoms with E-state index in [1.807, 2.05) is 0 Å². The molecule has 0 N–H and O–H groups in total. The maximum Gasteiger partial charge on any atom is 0 e. The number of rotatable bonds is 0. The summed E-state index contributed by atoms with van der Waals surface area (Å²) in [7, 11) is 0. The Kier molecular flexibility index (Phi) is 559. The number of hydrogen-bond donors (Lipinski definition) is 0. The molecule has 0 aromatic rings. The van der Waals surface area contributed by atoms with Crippen LogP contribution in [0.25, 0.3) is 0 Å². The minimum Gasteiger partial charge on any atom is 0 e. The molecule has 0 atom stereocenters. The van der Waals surface area contributed by atoms with Gasteiger partial charge in [-0.2, -0.15) is 0 Å². The summed E-state index contributed by atoms with van der Waals surface area (Å²) >= 11 is 0. The van der Waals surface area contributed by atoms with Crippen LogP contribution in [0.3, 0.4) is 0 Å². The molecular formula is C10H8NaO7V. The van der Waals surface area contributed by atoms with Crippen molar-refractivity contribution in [2.24, 2.45) is 0 Å². The minimum atomic E-state index is 0. The fourth-order valence-electron chi connectivity index (χ4n) is 0.510. The van der Waals surface area contributed by atoms with Crippen LogP contribution in [-0.4, -0.2) is 42.8 Å². The zero-order chi connectivity index (χ0) is 15.5. The first-order valence-corrected chi connectivity index (χ1v) is 3.30. The molecule has 1 aliphatic rings. The minimum absolute atomic E-state index is 0. The third-order valence-corrected chi connectivity index (χ3v) is 0.827. The van der Waals surface area contributed by atoms with E-state index in [0.29, 0.717) is 0 Å². The van der Waals surface area contributed by atoms with Gasteiger partial charge >= 0.3 is 67.8 Å². The Balaban J connectivity index is -0.0000000130. The topological polar surface area (TPSA) is 129 Å². The van der Waals surface area contributed by atoms with Gasteiger partial charge in [0, 0.05) is 61.3 Å². The van der Waals surface area contributed by atoms with E-state index in [-0.39, 0.29) is 48.1 Å². The first-order chi connectivity index (χ1) is 8.50. The van der Waals surface area contributed by atoms with Gasteiger partial charge in [-0.25, -0.2) is 0 Å². The van der Waals surface area contributed by atoms with Crippen LogP contribution >= 0.6 is 0 Å². The zero-order valence-corrected chi connectivity index (χ0v) is 13.5. The van der Waals surface area contributed by atoms with Gasteiger partial charge in [0.25, 0.3) is 0 Å². The van der Waals surface area contributed by atoms with Crippen molar-refractivity contribution in [3.63, 3.8) is 0 Å². The fourth-order valence-corrected chi connectivity index (χ4v) is 0.510. The van der Waals surface area contributed by atoms with E-state index in [0.717, 1.165) is 13.2 Å². The summed E-state index contributed by atoms with van der Waals surface area (Å²) in [6.07, 6.45) is 2.56. The van der Waals surface area contributed by atoms with Gasteiger partial charge in [-0.1, -0.05) is 0 Å². The summed E-state index contributed by atoms with van der Waals surface area (Å²) in [5.41, 5.74) is 0. The van der Waals surface area contributed by atoms with Crippen LogP contribution < -0.4 is 0 Å². The van der Waals surface area contributed by atoms with E-state index in [1.165, 1.54) is 12.8 Å². The van der Waals surface area contributed by atoms with E-state index in [2.05, 4.69) is 39.9 Å². The summed E-state index contributed by atoms with van der Waals surface area (Å²) < 4.78 is 49.9. The molecule has 2 radical (unpaired) electrons. The Bertz CT molecular complexity index is 149. The van der Waals surface area contributed by atoms with Crippen molar-refractivity contribution >= 4 is 29.6 Å². The molecular weight excluding hydrogens is 306 g/mol. The van der Waals surface area contributed by atoms with Crippen molar-refractivity contribution in [1.82, 2.24) is 0 Å². The summed E-state index contributed by atoms with van der Waals surface area (Å²) in [6, 6.07) is 0. The second-order valence-corrected chi connectivity index (χ2v) is 1.32. The van der Waals surface area contributed by atoms with Crippen LogP contribution in [0, 0.1) is 39.9 Å². The SMILES string of the molecule is C1CCOC1.[C-]#[O+].[C-]#[O+].[C-]#[O+].[C-]#[O+].[C-]#[O+].[C-]#[O+].[Na].[V]. The normalized spacial score (nSPS) is 6.95. The quantitative estimate of drug-likeness (QED) is 0.353. The molecule has 0 unspecified atom stereocenters. The largest absolute Gasteiger partial charge is 0 e. The van der Waals surface area contributed by atoms with E-state index in [4.69, 9.17) is 32.6 Å². The van der Waals surface area contributed by atoms with Crippen LogP contribution in [0.5, 0.6) is 0 Å². The second-order valence-electron chi connectivity index (χ2n) is 1.32. The molecule has 96 valence electrons. The maximum atomic E-state index is 7.50. The van der Waals surface area contributed by atoms with Crippen molar-refractivity contribution < 1.29 is 51.2 Å². The molecule has 0 spiro atoms. The van der Waals surface area contributed by atoms with Crippen LogP contribution in [-0.2, 0) is 51.2 Å². The molecule has 19 heavy (non-hydrogen) atoms. The Morgan fingerprint density at radius 2 is 0.684 bits per heavy atom. The monoisotopic (exact) mass is 314 g/mol. The van der Waals surface area contributed by atoms with Crippen molar-refractivity contribution in [2.75, 3.05) is 13.2 Å². The van der Waals surface area contributed by atoms with Gasteiger partial charge in [0.15, 0.2) is 0 Å². The molecule has 1 fully saturated rings.